The molecular weight excluding hydrogens is 473 g/mol. The van der Waals surface area contributed by atoms with Crippen LogP contribution in [0, 0.1) is 19.7 Å². The van der Waals surface area contributed by atoms with Crippen molar-refractivity contribution in [3.8, 4) is 5.69 Å². The number of anilines is 1. The van der Waals surface area contributed by atoms with E-state index >= 15 is 4.39 Å². The second-order valence-corrected chi connectivity index (χ2v) is 8.97. The predicted octanol–water partition coefficient (Wildman–Crippen LogP) is 4.56. The quantitative estimate of drug-likeness (QED) is 0.255. The van der Waals surface area contributed by atoms with Crippen LogP contribution in [0.1, 0.15) is 28.4 Å². The van der Waals surface area contributed by atoms with Gasteiger partial charge in [0, 0.05) is 18.2 Å². The highest BCUT2D eigenvalue weighted by Crippen LogP contribution is 2.43. The van der Waals surface area contributed by atoms with Gasteiger partial charge in [0.2, 0.25) is 0 Å². The van der Waals surface area contributed by atoms with Crippen LogP contribution < -0.4 is 10.5 Å². The molecule has 0 bridgehead atoms. The number of ketones is 1. The largest absolute Gasteiger partial charge is 0.507 e. The van der Waals surface area contributed by atoms with E-state index in [-0.39, 0.29) is 16.8 Å². The SMILES string of the molecule is Cc1ccc(/C(O)=C2\C(=O)C(=O)N(c3c(C)n(C)n(-c4ccccc4)c3=O)[C@@H]2c2ccccc2F)cc1. The Balaban J connectivity index is 1.80. The lowest BCUT2D eigenvalue weighted by Crippen LogP contribution is -2.34. The number of carbonyl (C=O) groups is 2. The Labute approximate surface area is 212 Å². The summed E-state index contributed by atoms with van der Waals surface area (Å²) in [6.07, 6.45) is 0. The lowest BCUT2D eigenvalue weighted by molar-refractivity contribution is -0.132. The summed E-state index contributed by atoms with van der Waals surface area (Å²) in [6, 6.07) is 19.9. The summed E-state index contributed by atoms with van der Waals surface area (Å²) in [5.41, 5.74) is 1.28. The molecule has 0 spiro atoms. The highest BCUT2D eigenvalue weighted by Gasteiger charge is 2.49. The molecule has 186 valence electrons. The molecule has 0 radical (unpaired) electrons. The van der Waals surface area contributed by atoms with E-state index in [2.05, 4.69) is 0 Å². The van der Waals surface area contributed by atoms with E-state index in [9.17, 15) is 19.5 Å². The Bertz CT molecular complexity index is 1630. The van der Waals surface area contributed by atoms with Crippen LogP contribution in [0.25, 0.3) is 11.4 Å². The minimum Gasteiger partial charge on any atom is -0.507 e. The zero-order valence-corrected chi connectivity index (χ0v) is 20.5. The van der Waals surface area contributed by atoms with E-state index in [0.717, 1.165) is 10.5 Å². The third-order valence-electron chi connectivity index (χ3n) is 6.73. The number of nitrogens with zero attached hydrogens (tertiary/aromatic N) is 3. The fourth-order valence-electron chi connectivity index (χ4n) is 4.75. The minimum atomic E-state index is -1.35. The van der Waals surface area contributed by atoms with Crippen molar-refractivity contribution < 1.29 is 19.1 Å². The maximum absolute atomic E-state index is 15.2. The molecule has 1 aliphatic rings. The number of aliphatic hydroxyl groups is 1. The van der Waals surface area contributed by atoms with Crippen LogP contribution in [0.3, 0.4) is 0 Å². The molecule has 5 rings (SSSR count). The molecule has 1 fully saturated rings. The summed E-state index contributed by atoms with van der Waals surface area (Å²) in [6.45, 7) is 3.52. The van der Waals surface area contributed by atoms with E-state index in [1.54, 1.807) is 73.3 Å². The summed E-state index contributed by atoms with van der Waals surface area (Å²) in [7, 11) is 1.66. The number of rotatable bonds is 4. The van der Waals surface area contributed by atoms with Gasteiger partial charge >= 0.3 is 0 Å². The van der Waals surface area contributed by atoms with E-state index in [0.29, 0.717) is 16.9 Å². The monoisotopic (exact) mass is 497 g/mol. The number of halogens is 1. The van der Waals surface area contributed by atoms with E-state index in [4.69, 9.17) is 0 Å². The Kier molecular flexibility index (Phi) is 5.87. The molecule has 1 N–H and O–H groups in total. The topological polar surface area (TPSA) is 84.5 Å². The molecule has 1 amide bonds. The molecule has 3 aromatic carbocycles. The fraction of sp³-hybridized carbons (Fsp3) is 0.138. The van der Waals surface area contributed by atoms with Crippen molar-refractivity contribution in [2.75, 3.05) is 4.90 Å². The molecule has 37 heavy (non-hydrogen) atoms. The lowest BCUT2D eigenvalue weighted by Gasteiger charge is -2.24. The molecule has 0 unspecified atom stereocenters. The zero-order valence-electron chi connectivity index (χ0n) is 20.5. The predicted molar refractivity (Wildman–Crippen MR) is 138 cm³/mol. The Hall–Kier alpha value is -4.72. The number of para-hydroxylation sites is 1. The van der Waals surface area contributed by atoms with Crippen LogP contribution in [-0.2, 0) is 16.6 Å². The van der Waals surface area contributed by atoms with Gasteiger partial charge < -0.3 is 5.11 Å². The van der Waals surface area contributed by atoms with Gasteiger partial charge in [0.1, 0.15) is 17.3 Å². The third kappa shape index (κ3) is 3.78. The summed E-state index contributed by atoms with van der Waals surface area (Å²) in [5, 5.41) is 11.2. The van der Waals surface area contributed by atoms with Crippen molar-refractivity contribution in [1.82, 2.24) is 9.36 Å². The molecule has 1 saturated heterocycles. The molecule has 2 heterocycles. The third-order valence-corrected chi connectivity index (χ3v) is 6.73. The van der Waals surface area contributed by atoms with Crippen molar-refractivity contribution in [3.05, 3.63) is 123 Å². The van der Waals surface area contributed by atoms with Gasteiger partial charge in [0.25, 0.3) is 17.2 Å². The Morgan fingerprint density at radius 2 is 1.49 bits per heavy atom. The molecule has 1 aliphatic heterocycles. The number of carbonyl (C=O) groups excluding carboxylic acids is 2. The molecule has 7 nitrogen and oxygen atoms in total. The summed E-state index contributed by atoms with van der Waals surface area (Å²) in [4.78, 5) is 41.7. The summed E-state index contributed by atoms with van der Waals surface area (Å²) in [5.74, 6) is -3.13. The van der Waals surface area contributed by atoms with Crippen LogP contribution in [0.4, 0.5) is 10.1 Å². The van der Waals surface area contributed by atoms with E-state index in [1.807, 2.05) is 13.0 Å². The summed E-state index contributed by atoms with van der Waals surface area (Å²) < 4.78 is 18.1. The van der Waals surface area contributed by atoms with Crippen molar-refractivity contribution in [3.63, 3.8) is 0 Å². The molecule has 1 atom stereocenters. The molecule has 8 heteroatoms. The van der Waals surface area contributed by atoms with Crippen LogP contribution in [-0.4, -0.2) is 26.2 Å². The first kappa shape index (κ1) is 24.0. The van der Waals surface area contributed by atoms with Crippen molar-refractivity contribution in [1.29, 1.82) is 0 Å². The number of amides is 1. The number of hydrogen-bond donors (Lipinski definition) is 1. The average molecular weight is 498 g/mol. The minimum absolute atomic E-state index is 0.00993. The lowest BCUT2D eigenvalue weighted by atomic mass is 9.94. The second-order valence-electron chi connectivity index (χ2n) is 8.97. The Morgan fingerprint density at radius 1 is 0.865 bits per heavy atom. The normalized spacial score (nSPS) is 17.0. The smallest absolute Gasteiger partial charge is 0.300 e. The van der Waals surface area contributed by atoms with Crippen LogP contribution >= 0.6 is 0 Å². The second kappa shape index (κ2) is 9.05. The van der Waals surface area contributed by atoms with Gasteiger partial charge in [0.05, 0.1) is 23.0 Å². The van der Waals surface area contributed by atoms with Crippen LogP contribution in [0.5, 0.6) is 0 Å². The summed E-state index contributed by atoms with van der Waals surface area (Å²) >= 11 is 0. The fourth-order valence-corrected chi connectivity index (χ4v) is 4.75. The molecule has 4 aromatic rings. The van der Waals surface area contributed by atoms with Crippen LogP contribution in [0.2, 0.25) is 0 Å². The average Bonchev–Trinajstić information content (AvgIpc) is 3.27. The zero-order chi connectivity index (χ0) is 26.4. The van der Waals surface area contributed by atoms with Gasteiger partial charge in [-0.1, -0.05) is 66.2 Å². The molecular formula is C29H24FN3O4. The first-order valence-electron chi connectivity index (χ1n) is 11.7. The molecule has 0 aliphatic carbocycles. The van der Waals surface area contributed by atoms with E-state index < -0.39 is 34.9 Å². The van der Waals surface area contributed by atoms with Gasteiger partial charge in [-0.2, -0.15) is 0 Å². The van der Waals surface area contributed by atoms with Crippen LogP contribution in [0.15, 0.2) is 89.2 Å². The van der Waals surface area contributed by atoms with Crippen molar-refractivity contribution >= 4 is 23.1 Å². The standard InChI is InChI=1S/C29H24FN3O4/c1-17-13-15-19(16-14-17)26(34)23-25(21-11-7-8-12-22(21)30)32(29(37)27(23)35)24-18(2)31(3)33(28(24)36)20-9-5-4-6-10-20/h4-16,25,34H,1-3H3/b26-23+/t25-/m1/s1. The highest BCUT2D eigenvalue weighted by atomic mass is 19.1. The first-order valence-corrected chi connectivity index (χ1v) is 11.7. The number of hydrogen-bond acceptors (Lipinski definition) is 4. The van der Waals surface area contributed by atoms with E-state index in [1.165, 1.54) is 22.9 Å². The number of aliphatic hydroxyl groups excluding tert-OH is 1. The maximum atomic E-state index is 15.2. The van der Waals surface area contributed by atoms with Crippen molar-refractivity contribution in [2.24, 2.45) is 7.05 Å². The van der Waals surface area contributed by atoms with Gasteiger partial charge in [-0.3, -0.25) is 24.0 Å². The number of Topliss-reactive ketones (excluding diaryl/α,β-unsaturated/α-hetero) is 1. The van der Waals surface area contributed by atoms with Gasteiger partial charge in [-0.05, 0) is 32.0 Å². The van der Waals surface area contributed by atoms with Gasteiger partial charge in [-0.25, -0.2) is 9.07 Å². The first-order chi connectivity index (χ1) is 17.7. The number of aryl methyl sites for hydroxylation is 1. The number of benzene rings is 3. The highest BCUT2D eigenvalue weighted by molar-refractivity contribution is 6.51. The Morgan fingerprint density at radius 3 is 2.14 bits per heavy atom. The number of aromatic nitrogens is 2. The van der Waals surface area contributed by atoms with Crippen molar-refractivity contribution in [2.45, 2.75) is 19.9 Å². The molecule has 1 aromatic heterocycles. The molecule has 0 saturated carbocycles. The van der Waals surface area contributed by atoms with Gasteiger partial charge in [0.15, 0.2) is 0 Å². The van der Waals surface area contributed by atoms with Gasteiger partial charge in [-0.15, -0.1) is 0 Å². The maximum Gasteiger partial charge on any atom is 0.300 e.